The van der Waals surface area contributed by atoms with Gasteiger partial charge in [0, 0.05) is 5.56 Å². The van der Waals surface area contributed by atoms with Gasteiger partial charge in [-0.15, -0.1) is 0 Å². The number of nitrogens with zero attached hydrogens (tertiary/aromatic N) is 1. The zero-order chi connectivity index (χ0) is 13.4. The van der Waals surface area contributed by atoms with Crippen molar-refractivity contribution in [2.45, 2.75) is 13.8 Å². The highest BCUT2D eigenvalue weighted by atomic mass is 32.1. The normalized spacial score (nSPS) is 10.7. The summed E-state index contributed by atoms with van der Waals surface area (Å²) in [6.45, 7) is 3.51. The van der Waals surface area contributed by atoms with Crippen LogP contribution < -0.4 is 0 Å². The fourth-order valence-electron chi connectivity index (χ4n) is 1.60. The van der Waals surface area contributed by atoms with E-state index in [4.69, 9.17) is 12.2 Å². The minimum Gasteiger partial charge on any atom is -0.267 e. The zero-order valence-electron chi connectivity index (χ0n) is 9.64. The third-order valence-electron chi connectivity index (χ3n) is 2.78. The lowest BCUT2D eigenvalue weighted by Crippen LogP contribution is -1.99. The first-order chi connectivity index (χ1) is 8.41. The molecular weight excluding hydrogens is 261 g/mol. The molecule has 0 aliphatic heterocycles. The third kappa shape index (κ3) is 2.03. The van der Waals surface area contributed by atoms with Gasteiger partial charge in [-0.05, 0) is 37.1 Å². The number of nitrogens with one attached hydrogen (secondary N) is 1. The van der Waals surface area contributed by atoms with Gasteiger partial charge in [-0.3, -0.25) is 5.10 Å². The van der Waals surface area contributed by atoms with E-state index in [-0.39, 0.29) is 5.56 Å². The summed E-state index contributed by atoms with van der Waals surface area (Å²) in [5.41, 5.74) is 1.97. The molecule has 0 saturated heterocycles. The summed E-state index contributed by atoms with van der Waals surface area (Å²) in [6.07, 6.45) is 0. The molecule has 0 aliphatic rings. The topological polar surface area (TPSA) is 28.7 Å². The van der Waals surface area contributed by atoms with Gasteiger partial charge in [0.25, 0.3) is 0 Å². The van der Waals surface area contributed by atoms with Crippen molar-refractivity contribution >= 4 is 12.2 Å². The van der Waals surface area contributed by atoms with Crippen molar-refractivity contribution in [1.82, 2.24) is 10.2 Å². The van der Waals surface area contributed by atoms with Crippen LogP contribution in [0.25, 0.3) is 11.3 Å². The Kier molecular flexibility index (Phi) is 3.21. The van der Waals surface area contributed by atoms with Gasteiger partial charge >= 0.3 is 0 Å². The summed E-state index contributed by atoms with van der Waals surface area (Å²) in [6, 6.07) is 1.81. The van der Waals surface area contributed by atoms with Crippen LogP contribution in [0.5, 0.6) is 0 Å². The van der Waals surface area contributed by atoms with E-state index in [0.717, 1.165) is 17.7 Å². The number of halogens is 3. The van der Waals surface area contributed by atoms with E-state index in [9.17, 15) is 13.2 Å². The largest absolute Gasteiger partial charge is 0.267 e. The summed E-state index contributed by atoms with van der Waals surface area (Å²) >= 11 is 5.00. The zero-order valence-corrected chi connectivity index (χ0v) is 10.5. The number of rotatable bonds is 1. The summed E-state index contributed by atoms with van der Waals surface area (Å²) in [5.74, 6) is -3.98. The maximum absolute atomic E-state index is 13.2. The Balaban J connectivity index is 2.70. The summed E-state index contributed by atoms with van der Waals surface area (Å²) in [7, 11) is 0. The lowest BCUT2D eigenvalue weighted by molar-refractivity contribution is 0.447. The van der Waals surface area contributed by atoms with E-state index in [1.54, 1.807) is 13.8 Å². The van der Waals surface area contributed by atoms with Crippen molar-refractivity contribution in [3.05, 3.63) is 45.4 Å². The molecule has 0 bridgehead atoms. The highest BCUT2D eigenvalue weighted by molar-refractivity contribution is 7.71. The Bertz CT molecular complexity index is 657. The van der Waals surface area contributed by atoms with E-state index in [1.807, 2.05) is 0 Å². The molecule has 2 aromatic rings. The first kappa shape index (κ1) is 12.8. The molecule has 0 spiro atoms. The second-order valence-electron chi connectivity index (χ2n) is 3.91. The molecule has 1 N–H and O–H groups in total. The molecule has 0 saturated carbocycles. The Labute approximate surface area is 106 Å². The molecule has 1 aromatic heterocycles. The number of hydrogen-bond acceptors (Lipinski definition) is 2. The number of H-pyrrole nitrogens is 1. The van der Waals surface area contributed by atoms with E-state index < -0.39 is 17.5 Å². The summed E-state index contributed by atoms with van der Waals surface area (Å²) in [5, 5.41) is 6.52. The maximum Gasteiger partial charge on any atom is 0.194 e. The van der Waals surface area contributed by atoms with Gasteiger partial charge < -0.3 is 0 Å². The average Bonchev–Trinajstić information content (AvgIpc) is 2.33. The van der Waals surface area contributed by atoms with Gasteiger partial charge in [-0.1, -0.05) is 12.2 Å². The van der Waals surface area contributed by atoms with Crippen LogP contribution in [0.1, 0.15) is 11.1 Å². The fraction of sp³-hybridized carbons (Fsp3) is 0.167. The Hall–Kier alpha value is -1.69. The van der Waals surface area contributed by atoms with Gasteiger partial charge in [0.05, 0.1) is 5.69 Å². The van der Waals surface area contributed by atoms with E-state index >= 15 is 0 Å². The molecule has 0 radical (unpaired) electrons. The molecule has 0 unspecified atom stereocenters. The molecule has 0 amide bonds. The first-order valence-electron chi connectivity index (χ1n) is 5.12. The Morgan fingerprint density at radius 1 is 1.06 bits per heavy atom. The minimum absolute atomic E-state index is 0.165. The Morgan fingerprint density at radius 3 is 2.17 bits per heavy atom. The van der Waals surface area contributed by atoms with Crippen LogP contribution in [0.15, 0.2) is 12.1 Å². The SMILES string of the molecule is Cc1c(-c2cc(F)c(F)c(F)c2)n[nH]c(=S)c1C. The molecule has 2 rings (SSSR count). The van der Waals surface area contributed by atoms with E-state index in [1.165, 1.54) is 0 Å². The molecule has 0 atom stereocenters. The summed E-state index contributed by atoms with van der Waals surface area (Å²) in [4.78, 5) is 0. The molecule has 0 fully saturated rings. The predicted molar refractivity (Wildman–Crippen MR) is 64.2 cm³/mol. The quantitative estimate of drug-likeness (QED) is 0.630. The van der Waals surface area contributed by atoms with Gasteiger partial charge in [-0.2, -0.15) is 5.10 Å². The van der Waals surface area contributed by atoms with Crippen molar-refractivity contribution in [2.24, 2.45) is 0 Å². The van der Waals surface area contributed by atoms with Gasteiger partial charge in [0.15, 0.2) is 17.5 Å². The minimum atomic E-state index is -1.49. The highest BCUT2D eigenvalue weighted by Crippen LogP contribution is 2.25. The molecule has 94 valence electrons. The van der Waals surface area contributed by atoms with Crippen molar-refractivity contribution < 1.29 is 13.2 Å². The Morgan fingerprint density at radius 2 is 1.61 bits per heavy atom. The van der Waals surface area contributed by atoms with Gasteiger partial charge in [0.1, 0.15) is 4.64 Å². The number of benzene rings is 1. The van der Waals surface area contributed by atoms with E-state index in [0.29, 0.717) is 15.9 Å². The van der Waals surface area contributed by atoms with Crippen LogP contribution in [-0.4, -0.2) is 10.2 Å². The molecule has 2 nitrogen and oxygen atoms in total. The van der Waals surface area contributed by atoms with Crippen molar-refractivity contribution in [1.29, 1.82) is 0 Å². The smallest absolute Gasteiger partial charge is 0.194 e. The highest BCUT2D eigenvalue weighted by Gasteiger charge is 2.14. The van der Waals surface area contributed by atoms with Crippen molar-refractivity contribution in [2.75, 3.05) is 0 Å². The fourth-order valence-corrected chi connectivity index (χ4v) is 1.79. The van der Waals surface area contributed by atoms with Crippen molar-refractivity contribution in [3.8, 4) is 11.3 Å². The van der Waals surface area contributed by atoms with Crippen LogP contribution in [-0.2, 0) is 0 Å². The second-order valence-corrected chi connectivity index (χ2v) is 4.31. The number of aromatic amines is 1. The van der Waals surface area contributed by atoms with Gasteiger partial charge in [0.2, 0.25) is 0 Å². The predicted octanol–water partition coefficient (Wildman–Crippen LogP) is 3.84. The molecule has 1 heterocycles. The average molecular weight is 270 g/mol. The lowest BCUT2D eigenvalue weighted by atomic mass is 10.0. The second kappa shape index (κ2) is 4.53. The lowest BCUT2D eigenvalue weighted by Gasteiger charge is -2.08. The van der Waals surface area contributed by atoms with Crippen molar-refractivity contribution in [3.63, 3.8) is 0 Å². The van der Waals surface area contributed by atoms with Crippen LogP contribution in [0.2, 0.25) is 0 Å². The van der Waals surface area contributed by atoms with Crippen LogP contribution in [0.4, 0.5) is 13.2 Å². The monoisotopic (exact) mass is 270 g/mol. The first-order valence-corrected chi connectivity index (χ1v) is 5.53. The summed E-state index contributed by atoms with van der Waals surface area (Å²) < 4.78 is 39.7. The van der Waals surface area contributed by atoms with Crippen LogP contribution >= 0.6 is 12.2 Å². The maximum atomic E-state index is 13.2. The van der Waals surface area contributed by atoms with Crippen LogP contribution in [0.3, 0.4) is 0 Å². The third-order valence-corrected chi connectivity index (χ3v) is 3.18. The molecule has 0 aliphatic carbocycles. The molecule has 18 heavy (non-hydrogen) atoms. The molecular formula is C12H9F3N2S. The van der Waals surface area contributed by atoms with Gasteiger partial charge in [-0.25, -0.2) is 13.2 Å². The van der Waals surface area contributed by atoms with E-state index in [2.05, 4.69) is 10.2 Å². The standard InChI is InChI=1S/C12H9F3N2S/c1-5-6(2)12(18)17-16-11(5)7-3-8(13)10(15)9(14)4-7/h3-4H,1-2H3,(H,17,18). The molecule has 1 aromatic carbocycles. The van der Waals surface area contributed by atoms with Crippen LogP contribution in [0, 0.1) is 35.9 Å². The number of hydrogen-bond donors (Lipinski definition) is 1. The number of aromatic nitrogens is 2. The molecule has 6 heteroatoms.